The molecular formula is C15H29N3O2. The number of hydrogen-bond donors (Lipinski definition) is 3. The molecule has 1 aliphatic carbocycles. The van der Waals surface area contributed by atoms with Crippen LogP contribution in [-0.2, 0) is 9.59 Å². The second-order valence-corrected chi connectivity index (χ2v) is 6.81. The molecule has 0 aromatic heterocycles. The molecule has 0 heterocycles. The summed E-state index contributed by atoms with van der Waals surface area (Å²) in [4.78, 5) is 23.5. The average Bonchev–Trinajstić information content (AvgIpc) is 2.54. The smallest absolute Gasteiger partial charge is 0.235 e. The average molecular weight is 283 g/mol. The van der Waals surface area contributed by atoms with Gasteiger partial charge in [-0.1, -0.05) is 25.7 Å². The van der Waals surface area contributed by atoms with Crippen LogP contribution >= 0.6 is 0 Å². The summed E-state index contributed by atoms with van der Waals surface area (Å²) in [6.07, 6.45) is 7.10. The highest BCUT2D eigenvalue weighted by Crippen LogP contribution is 2.18. The fraction of sp³-hybridized carbons (Fsp3) is 0.867. The van der Waals surface area contributed by atoms with Crippen molar-refractivity contribution in [2.75, 3.05) is 0 Å². The number of carbonyl (C=O) groups excluding carboxylic acids is 2. The molecule has 1 rings (SSSR count). The van der Waals surface area contributed by atoms with Gasteiger partial charge in [0, 0.05) is 11.6 Å². The molecule has 1 atom stereocenters. The number of hydrogen-bond acceptors (Lipinski definition) is 3. The van der Waals surface area contributed by atoms with Gasteiger partial charge in [0.05, 0.1) is 12.5 Å². The van der Waals surface area contributed by atoms with E-state index in [1.807, 2.05) is 20.8 Å². The fourth-order valence-electron chi connectivity index (χ4n) is 2.63. The zero-order valence-electron chi connectivity index (χ0n) is 13.0. The molecule has 2 amide bonds. The number of rotatable bonds is 5. The van der Waals surface area contributed by atoms with E-state index in [1.54, 1.807) is 0 Å². The molecule has 5 nitrogen and oxygen atoms in total. The summed E-state index contributed by atoms with van der Waals surface area (Å²) < 4.78 is 0. The van der Waals surface area contributed by atoms with Crippen molar-refractivity contribution < 1.29 is 9.59 Å². The van der Waals surface area contributed by atoms with Crippen LogP contribution in [0.3, 0.4) is 0 Å². The normalized spacial score (nSPS) is 19.1. The summed E-state index contributed by atoms with van der Waals surface area (Å²) in [5, 5.41) is 6.14. The quantitative estimate of drug-likeness (QED) is 0.668. The predicted molar refractivity (Wildman–Crippen MR) is 80.1 cm³/mol. The minimum atomic E-state index is -0.569. The molecule has 1 fully saturated rings. The maximum atomic E-state index is 11.9. The van der Waals surface area contributed by atoms with Gasteiger partial charge < -0.3 is 16.4 Å². The third-order valence-electron chi connectivity index (χ3n) is 3.54. The number of nitrogens with one attached hydrogen (secondary N) is 2. The molecule has 1 aliphatic rings. The molecule has 0 spiro atoms. The summed E-state index contributed by atoms with van der Waals surface area (Å²) in [5.41, 5.74) is 5.13. The first-order chi connectivity index (χ1) is 9.28. The van der Waals surface area contributed by atoms with Crippen LogP contribution in [0.2, 0.25) is 0 Å². The highest BCUT2D eigenvalue weighted by atomic mass is 16.2. The van der Waals surface area contributed by atoms with Gasteiger partial charge in [0.1, 0.15) is 0 Å². The molecular weight excluding hydrogens is 254 g/mol. The van der Waals surface area contributed by atoms with Crippen molar-refractivity contribution >= 4 is 11.8 Å². The van der Waals surface area contributed by atoms with Gasteiger partial charge in [-0.25, -0.2) is 0 Å². The van der Waals surface area contributed by atoms with Crippen molar-refractivity contribution in [2.45, 2.75) is 83.3 Å². The Kier molecular flexibility index (Phi) is 6.46. The van der Waals surface area contributed by atoms with E-state index in [0.717, 1.165) is 12.8 Å². The molecule has 0 aromatic carbocycles. The van der Waals surface area contributed by atoms with E-state index in [4.69, 9.17) is 5.73 Å². The highest BCUT2D eigenvalue weighted by molar-refractivity contribution is 5.87. The fourth-order valence-corrected chi connectivity index (χ4v) is 2.63. The van der Waals surface area contributed by atoms with Crippen LogP contribution in [0.5, 0.6) is 0 Å². The number of nitrogens with two attached hydrogens (primary N) is 1. The summed E-state index contributed by atoms with van der Waals surface area (Å²) >= 11 is 0. The minimum Gasteiger partial charge on any atom is -0.368 e. The van der Waals surface area contributed by atoms with Crippen molar-refractivity contribution in [2.24, 2.45) is 5.73 Å². The van der Waals surface area contributed by atoms with Crippen LogP contribution in [0.4, 0.5) is 0 Å². The third kappa shape index (κ3) is 6.89. The Labute approximate surface area is 122 Å². The van der Waals surface area contributed by atoms with Gasteiger partial charge in [0.2, 0.25) is 11.8 Å². The first-order valence-corrected chi connectivity index (χ1v) is 7.64. The molecule has 1 unspecified atom stereocenters. The van der Waals surface area contributed by atoms with E-state index in [1.165, 1.54) is 25.7 Å². The molecule has 20 heavy (non-hydrogen) atoms. The highest BCUT2D eigenvalue weighted by Gasteiger charge is 2.25. The van der Waals surface area contributed by atoms with E-state index in [0.29, 0.717) is 6.04 Å². The Morgan fingerprint density at radius 2 is 1.70 bits per heavy atom. The number of primary amides is 1. The maximum absolute atomic E-state index is 11.9. The van der Waals surface area contributed by atoms with Crippen molar-refractivity contribution in [1.82, 2.24) is 10.6 Å². The monoisotopic (exact) mass is 283 g/mol. The van der Waals surface area contributed by atoms with E-state index in [-0.39, 0.29) is 17.9 Å². The Bertz CT molecular complexity index is 329. The largest absolute Gasteiger partial charge is 0.368 e. The van der Waals surface area contributed by atoms with E-state index in [9.17, 15) is 9.59 Å². The Morgan fingerprint density at radius 3 is 2.15 bits per heavy atom. The molecule has 0 saturated heterocycles. The third-order valence-corrected chi connectivity index (χ3v) is 3.54. The van der Waals surface area contributed by atoms with Gasteiger partial charge >= 0.3 is 0 Å². The van der Waals surface area contributed by atoms with E-state index in [2.05, 4.69) is 10.6 Å². The first-order valence-electron chi connectivity index (χ1n) is 7.64. The summed E-state index contributed by atoms with van der Waals surface area (Å²) in [6, 6.07) is -0.266. The second kappa shape index (κ2) is 7.62. The van der Waals surface area contributed by atoms with Gasteiger partial charge in [-0.15, -0.1) is 0 Å². The Morgan fingerprint density at radius 1 is 1.15 bits per heavy atom. The molecule has 0 bridgehead atoms. The van der Waals surface area contributed by atoms with Gasteiger partial charge in [0.15, 0.2) is 0 Å². The Balaban J connectivity index is 2.51. The van der Waals surface area contributed by atoms with Crippen molar-refractivity contribution in [1.29, 1.82) is 0 Å². The van der Waals surface area contributed by atoms with Crippen molar-refractivity contribution in [3.05, 3.63) is 0 Å². The lowest BCUT2D eigenvalue weighted by atomic mass is 10.0. The van der Waals surface area contributed by atoms with Gasteiger partial charge in [-0.3, -0.25) is 9.59 Å². The van der Waals surface area contributed by atoms with E-state index < -0.39 is 11.9 Å². The molecule has 0 radical (unpaired) electrons. The summed E-state index contributed by atoms with van der Waals surface area (Å²) in [7, 11) is 0. The topological polar surface area (TPSA) is 84.2 Å². The number of amides is 2. The van der Waals surface area contributed by atoms with Crippen LogP contribution < -0.4 is 16.4 Å². The van der Waals surface area contributed by atoms with Crippen LogP contribution in [0.15, 0.2) is 0 Å². The van der Waals surface area contributed by atoms with E-state index >= 15 is 0 Å². The standard InChI is InChI=1S/C15H29N3O2/c1-15(2,3)18-13(19)10-12(14(16)20)17-11-8-6-4-5-7-9-11/h11-12,17H,4-10H2,1-3H3,(H2,16,20)(H,18,19). The summed E-state index contributed by atoms with van der Waals surface area (Å²) in [6.45, 7) is 5.76. The van der Waals surface area contributed by atoms with Crippen LogP contribution in [0, 0.1) is 0 Å². The van der Waals surface area contributed by atoms with Crippen LogP contribution in [0.25, 0.3) is 0 Å². The molecule has 4 N–H and O–H groups in total. The van der Waals surface area contributed by atoms with Gasteiger partial charge in [-0.2, -0.15) is 0 Å². The number of carbonyl (C=O) groups is 2. The lowest BCUT2D eigenvalue weighted by Crippen LogP contribution is -2.50. The Hall–Kier alpha value is -1.10. The lowest BCUT2D eigenvalue weighted by molar-refractivity contribution is -0.127. The first kappa shape index (κ1) is 17.0. The molecule has 1 saturated carbocycles. The lowest BCUT2D eigenvalue weighted by Gasteiger charge is -2.25. The van der Waals surface area contributed by atoms with Crippen molar-refractivity contribution in [3.8, 4) is 0 Å². The molecule has 116 valence electrons. The van der Waals surface area contributed by atoms with Crippen LogP contribution in [0.1, 0.15) is 65.7 Å². The van der Waals surface area contributed by atoms with Gasteiger partial charge in [-0.05, 0) is 33.6 Å². The van der Waals surface area contributed by atoms with Crippen LogP contribution in [-0.4, -0.2) is 29.4 Å². The van der Waals surface area contributed by atoms with Gasteiger partial charge in [0.25, 0.3) is 0 Å². The molecule has 5 heteroatoms. The zero-order valence-corrected chi connectivity index (χ0v) is 13.0. The van der Waals surface area contributed by atoms with Crippen molar-refractivity contribution in [3.63, 3.8) is 0 Å². The zero-order chi connectivity index (χ0) is 15.2. The predicted octanol–water partition coefficient (Wildman–Crippen LogP) is 1.46. The summed E-state index contributed by atoms with van der Waals surface area (Å²) in [5.74, 6) is -0.583. The SMILES string of the molecule is CC(C)(C)NC(=O)CC(NC1CCCCCC1)C(N)=O. The molecule has 0 aliphatic heterocycles. The maximum Gasteiger partial charge on any atom is 0.235 e. The molecule has 0 aromatic rings. The second-order valence-electron chi connectivity index (χ2n) is 6.81. The minimum absolute atomic E-state index is 0.114.